The maximum Gasteiger partial charge on any atom is 0.206 e. The molecule has 11 nitrogen and oxygen atoms in total. The Hall–Kier alpha value is -3.71. The van der Waals surface area contributed by atoms with E-state index in [1.165, 1.54) is 0 Å². The van der Waals surface area contributed by atoms with Gasteiger partial charge in [-0.25, -0.2) is 10.4 Å². The van der Waals surface area contributed by atoms with E-state index in [1.807, 2.05) is 0 Å². The van der Waals surface area contributed by atoms with Gasteiger partial charge < -0.3 is 19.9 Å². The molecular weight excluding hydrogens is 514 g/mol. The van der Waals surface area contributed by atoms with Crippen LogP contribution in [-0.4, -0.2) is 40.9 Å². The van der Waals surface area contributed by atoms with Crippen LogP contribution in [0.3, 0.4) is 0 Å². The molecule has 40 heavy (non-hydrogen) atoms. The smallest absolute Gasteiger partial charge is 0.206 e. The zero-order valence-corrected chi connectivity index (χ0v) is 22.3. The summed E-state index contributed by atoms with van der Waals surface area (Å²) < 4.78 is 11.6. The second kappa shape index (κ2) is 15.2. The fourth-order valence-electron chi connectivity index (χ4n) is 4.29. The Morgan fingerprint density at radius 3 is 1.52 bits per heavy atom. The van der Waals surface area contributed by atoms with Crippen molar-refractivity contribution in [2.45, 2.75) is 51.7 Å². The number of pyridine rings is 1. The molecule has 2 unspecified atom stereocenters. The van der Waals surface area contributed by atoms with Crippen LogP contribution in [-0.2, 0) is 13.2 Å². The molecule has 4 heterocycles. The zero-order chi connectivity index (χ0) is 28.2. The normalized spacial score (nSPS) is 17.0. The summed E-state index contributed by atoms with van der Waals surface area (Å²) in [7, 11) is 0. The molecule has 3 aromatic rings. The summed E-state index contributed by atoms with van der Waals surface area (Å²) in [5.74, 6) is 0.473. The Bertz CT molecular complexity index is 1200. The summed E-state index contributed by atoms with van der Waals surface area (Å²) in [6.07, 6.45) is 9.75. The quantitative estimate of drug-likeness (QED) is 0.358. The molecule has 0 fully saturated rings. The number of ether oxygens (including phenoxy) is 2. The molecule has 6 rings (SSSR count). The molecule has 3 aliphatic heterocycles. The third-order valence-electron chi connectivity index (χ3n) is 6.39. The highest BCUT2D eigenvalue weighted by molar-refractivity contribution is 5.82. The van der Waals surface area contributed by atoms with E-state index in [4.69, 9.17) is 9.47 Å². The molecule has 2 atom stereocenters. The number of fused-ring (bicyclic) bond motifs is 2. The summed E-state index contributed by atoms with van der Waals surface area (Å²) in [4.78, 5) is 13.4. The Balaban J connectivity index is 1.52. The Kier molecular flexibility index (Phi) is 11.1. The summed E-state index contributed by atoms with van der Waals surface area (Å²) >= 11 is 0. The zero-order valence-electron chi connectivity index (χ0n) is 22.3. The van der Waals surface area contributed by atoms with Gasteiger partial charge in [0.15, 0.2) is 11.5 Å². The van der Waals surface area contributed by atoms with Crippen molar-refractivity contribution >= 4 is 23.8 Å². The number of quaternary nitrogens is 2. The van der Waals surface area contributed by atoms with Gasteiger partial charge in [0, 0.05) is 37.7 Å². The van der Waals surface area contributed by atoms with Gasteiger partial charge in [0.25, 0.3) is 0 Å². The van der Waals surface area contributed by atoms with Crippen LogP contribution >= 0.6 is 0 Å². The van der Waals surface area contributed by atoms with Gasteiger partial charge in [-0.2, -0.15) is 10.5 Å². The molecule has 4 N–H and O–H groups in total. The molecule has 0 aliphatic carbocycles. The fourth-order valence-corrected chi connectivity index (χ4v) is 4.29. The van der Waals surface area contributed by atoms with Crippen molar-refractivity contribution in [3.8, 4) is 11.5 Å². The van der Waals surface area contributed by atoms with E-state index in [1.54, 1.807) is 67.0 Å². The first-order chi connectivity index (χ1) is 19.5. The molecule has 1 aromatic heterocycles. The average molecular weight is 550 g/mol. The molecular formula is C29H35N5O6. The Labute approximate surface area is 233 Å². The fraction of sp³-hybridized carbons (Fsp3) is 0.345. The maximum absolute atomic E-state index is 11.9. The molecule has 0 amide bonds. The second-order valence-corrected chi connectivity index (χ2v) is 9.51. The van der Waals surface area contributed by atoms with Crippen molar-refractivity contribution in [1.82, 2.24) is 4.98 Å². The molecule has 212 valence electrons. The lowest BCUT2D eigenvalue weighted by atomic mass is 10.1. The Morgan fingerprint density at radius 1 is 0.625 bits per heavy atom. The van der Waals surface area contributed by atoms with Crippen LogP contribution in [0.4, 0.5) is 11.4 Å². The SMILES string of the molecule is [O-][NH+](O)c1cc2ccc1OCc1cccc(n1)COc1ccc(cc1[NH+]([O-])O)C=NCCCCCCCCN=C2. The molecule has 0 radical (unpaired) electrons. The summed E-state index contributed by atoms with van der Waals surface area (Å²) in [6, 6.07) is 15.2. The third kappa shape index (κ3) is 8.91. The van der Waals surface area contributed by atoms with E-state index in [9.17, 15) is 20.8 Å². The van der Waals surface area contributed by atoms with E-state index in [2.05, 4.69) is 15.0 Å². The third-order valence-corrected chi connectivity index (χ3v) is 6.39. The van der Waals surface area contributed by atoms with Gasteiger partial charge >= 0.3 is 0 Å². The first-order valence-electron chi connectivity index (χ1n) is 13.4. The lowest BCUT2D eigenvalue weighted by Crippen LogP contribution is -2.99. The van der Waals surface area contributed by atoms with Crippen molar-refractivity contribution in [2.75, 3.05) is 13.1 Å². The largest absolute Gasteiger partial charge is 0.595 e. The number of aliphatic imine (C=N–C) groups is 2. The van der Waals surface area contributed by atoms with Gasteiger partial charge in [-0.3, -0.25) is 15.0 Å². The van der Waals surface area contributed by atoms with Crippen LogP contribution in [0, 0.1) is 10.4 Å². The molecule has 3 aliphatic rings. The van der Waals surface area contributed by atoms with Crippen LogP contribution in [0.1, 0.15) is 61.0 Å². The standard InChI is InChI=1S/C29H35N5O6/c35-33(36)26-16-22-10-12-28(26)39-20-24-8-7-9-25(32-24)21-40-29-13-11-23(17-27(29)34(37)38)19-31-15-6-4-2-1-3-5-14-30-18-22/h7-13,16-19,33-35,37H,1-6,14-15,20-21H2. The van der Waals surface area contributed by atoms with Crippen molar-refractivity contribution in [1.29, 1.82) is 0 Å². The van der Waals surface area contributed by atoms with E-state index in [0.29, 0.717) is 35.6 Å². The molecule has 0 spiro atoms. The van der Waals surface area contributed by atoms with Crippen LogP contribution in [0.15, 0.2) is 64.6 Å². The first kappa shape index (κ1) is 29.3. The molecule has 0 saturated carbocycles. The molecule has 11 heteroatoms. The van der Waals surface area contributed by atoms with Gasteiger partial charge in [0.1, 0.15) is 13.2 Å². The number of hydrogen-bond acceptors (Lipinski definition) is 9. The van der Waals surface area contributed by atoms with Gasteiger partial charge in [0.05, 0.1) is 11.4 Å². The highest BCUT2D eigenvalue weighted by Gasteiger charge is 2.14. The minimum absolute atomic E-state index is 0.0504. The molecule has 6 bridgehead atoms. The summed E-state index contributed by atoms with van der Waals surface area (Å²) in [6.45, 7) is 1.48. The maximum atomic E-state index is 11.9. The number of benzene rings is 2. The number of rotatable bonds is 2. The van der Waals surface area contributed by atoms with Gasteiger partial charge in [-0.15, -0.1) is 0 Å². The monoisotopic (exact) mass is 549 g/mol. The van der Waals surface area contributed by atoms with Crippen molar-refractivity contribution < 1.29 is 30.3 Å². The predicted octanol–water partition coefficient (Wildman–Crippen LogP) is 3.24. The highest BCUT2D eigenvalue weighted by Crippen LogP contribution is 2.24. The summed E-state index contributed by atoms with van der Waals surface area (Å²) in [5.41, 5.74) is 2.65. The van der Waals surface area contributed by atoms with Crippen molar-refractivity contribution in [3.05, 3.63) is 87.5 Å². The van der Waals surface area contributed by atoms with Crippen molar-refractivity contribution in [3.63, 3.8) is 0 Å². The van der Waals surface area contributed by atoms with Gasteiger partial charge in [-0.05, 0) is 60.4 Å². The minimum atomic E-state index is -1.09. The first-order valence-corrected chi connectivity index (χ1v) is 13.4. The highest BCUT2D eigenvalue weighted by atomic mass is 16.8. The second-order valence-electron chi connectivity index (χ2n) is 9.51. The van der Waals surface area contributed by atoms with Gasteiger partial charge in [0.2, 0.25) is 11.4 Å². The minimum Gasteiger partial charge on any atom is -0.595 e. The van der Waals surface area contributed by atoms with Crippen LogP contribution < -0.4 is 19.9 Å². The van der Waals surface area contributed by atoms with E-state index in [0.717, 1.165) is 38.5 Å². The number of nitrogens with one attached hydrogen (secondary N) is 2. The van der Waals surface area contributed by atoms with Crippen LogP contribution in [0.25, 0.3) is 0 Å². The summed E-state index contributed by atoms with van der Waals surface area (Å²) in [5, 5.41) is 41.0. The Morgan fingerprint density at radius 2 is 1.07 bits per heavy atom. The van der Waals surface area contributed by atoms with Gasteiger partial charge in [-0.1, -0.05) is 31.7 Å². The number of aromatic nitrogens is 1. The van der Waals surface area contributed by atoms with Crippen molar-refractivity contribution in [2.24, 2.45) is 9.98 Å². The van der Waals surface area contributed by atoms with E-state index in [-0.39, 0.29) is 36.1 Å². The van der Waals surface area contributed by atoms with E-state index >= 15 is 0 Å². The topological polar surface area (TPSA) is 152 Å². The average Bonchev–Trinajstić information content (AvgIpc) is 2.95. The van der Waals surface area contributed by atoms with Crippen LogP contribution in [0.2, 0.25) is 0 Å². The lowest BCUT2D eigenvalue weighted by molar-refractivity contribution is -0.991. The molecule has 0 saturated heterocycles. The predicted molar refractivity (Wildman–Crippen MR) is 150 cm³/mol. The number of nitrogens with zero attached hydrogens (tertiary/aromatic N) is 3. The van der Waals surface area contributed by atoms with Crippen LogP contribution in [0.5, 0.6) is 11.5 Å². The lowest BCUT2D eigenvalue weighted by Gasteiger charge is -2.17. The molecule has 2 aromatic carbocycles. The number of hydrogen-bond donors (Lipinski definition) is 4. The van der Waals surface area contributed by atoms with E-state index < -0.39 is 10.5 Å².